The van der Waals surface area contributed by atoms with E-state index in [2.05, 4.69) is 18.7 Å². The monoisotopic (exact) mass is 268 g/mol. The van der Waals surface area contributed by atoms with Crippen LogP contribution in [0.2, 0.25) is 0 Å². The average Bonchev–Trinajstić information content (AvgIpc) is 2.82. The molecule has 0 aliphatic carbocycles. The first-order valence-corrected chi connectivity index (χ1v) is 7.06. The third-order valence-electron chi connectivity index (χ3n) is 3.20. The van der Waals surface area contributed by atoms with Crippen molar-refractivity contribution < 1.29 is 9.53 Å². The number of hydrogen-bond acceptors (Lipinski definition) is 5. The summed E-state index contributed by atoms with van der Waals surface area (Å²) in [4.78, 5) is 14.5. The van der Waals surface area contributed by atoms with Crippen LogP contribution in [0.1, 0.15) is 36.9 Å². The van der Waals surface area contributed by atoms with E-state index < -0.39 is 0 Å². The Balaban J connectivity index is 2.17. The maximum atomic E-state index is 11.7. The predicted molar refractivity (Wildman–Crippen MR) is 75.3 cm³/mol. The Morgan fingerprint density at radius 3 is 2.89 bits per heavy atom. The van der Waals surface area contributed by atoms with Gasteiger partial charge in [-0.3, -0.25) is 0 Å². The van der Waals surface area contributed by atoms with Gasteiger partial charge in [0.2, 0.25) is 0 Å². The van der Waals surface area contributed by atoms with Gasteiger partial charge in [-0.25, -0.2) is 4.79 Å². The topological polar surface area (TPSA) is 55.6 Å². The van der Waals surface area contributed by atoms with Crippen molar-refractivity contribution in [2.24, 2.45) is 5.41 Å². The molecule has 18 heavy (non-hydrogen) atoms. The largest absolute Gasteiger partial charge is 0.462 e. The molecule has 0 unspecified atom stereocenters. The van der Waals surface area contributed by atoms with Gasteiger partial charge in [-0.2, -0.15) is 0 Å². The van der Waals surface area contributed by atoms with E-state index in [1.165, 1.54) is 17.8 Å². The van der Waals surface area contributed by atoms with E-state index in [0.717, 1.165) is 18.1 Å². The van der Waals surface area contributed by atoms with Gasteiger partial charge < -0.3 is 15.4 Å². The number of nitrogens with zero attached hydrogens (tertiary/aromatic N) is 1. The normalized spacial score (nSPS) is 18.1. The van der Waals surface area contributed by atoms with Crippen LogP contribution in [-0.2, 0) is 4.74 Å². The maximum Gasteiger partial charge on any atom is 0.350 e. The molecule has 1 saturated heterocycles. The van der Waals surface area contributed by atoms with E-state index in [1.807, 2.05) is 6.07 Å². The maximum absolute atomic E-state index is 11.7. The minimum absolute atomic E-state index is 0.315. The molecular formula is C13H20N2O2S. The summed E-state index contributed by atoms with van der Waals surface area (Å²) in [7, 11) is 0. The number of thiophene rings is 1. The van der Waals surface area contributed by atoms with Gasteiger partial charge in [0.15, 0.2) is 0 Å². The predicted octanol–water partition coefficient (Wildman–Crippen LogP) is 2.74. The molecule has 100 valence electrons. The minimum Gasteiger partial charge on any atom is -0.462 e. The van der Waals surface area contributed by atoms with Crippen LogP contribution in [0.25, 0.3) is 0 Å². The van der Waals surface area contributed by atoms with Gasteiger partial charge in [-0.05, 0) is 24.8 Å². The van der Waals surface area contributed by atoms with Crippen molar-refractivity contribution in [3.8, 4) is 0 Å². The average molecular weight is 268 g/mol. The standard InChI is InChI=1S/C13H20N2O2S/c1-4-17-12(16)11-9(14)7-10(18-11)15-6-5-13(2,3)8-15/h7H,4-6,8,14H2,1-3H3. The van der Waals surface area contributed by atoms with E-state index in [0.29, 0.717) is 22.6 Å². The molecule has 1 aliphatic rings. The lowest BCUT2D eigenvalue weighted by atomic mass is 9.93. The van der Waals surface area contributed by atoms with Crippen molar-refractivity contribution in [1.29, 1.82) is 0 Å². The Morgan fingerprint density at radius 2 is 2.33 bits per heavy atom. The van der Waals surface area contributed by atoms with Crippen molar-refractivity contribution in [1.82, 2.24) is 0 Å². The van der Waals surface area contributed by atoms with Gasteiger partial charge in [-0.1, -0.05) is 13.8 Å². The summed E-state index contributed by atoms with van der Waals surface area (Å²) in [6.07, 6.45) is 1.17. The quantitative estimate of drug-likeness (QED) is 0.856. The molecule has 0 saturated carbocycles. The lowest BCUT2D eigenvalue weighted by Crippen LogP contribution is -2.21. The smallest absolute Gasteiger partial charge is 0.350 e. The van der Waals surface area contributed by atoms with Crippen LogP contribution in [0.4, 0.5) is 10.7 Å². The summed E-state index contributed by atoms with van der Waals surface area (Å²) in [6, 6.07) is 1.89. The van der Waals surface area contributed by atoms with Gasteiger partial charge in [0.25, 0.3) is 0 Å². The Kier molecular flexibility index (Phi) is 3.52. The van der Waals surface area contributed by atoms with Gasteiger partial charge in [-0.15, -0.1) is 11.3 Å². The third-order valence-corrected chi connectivity index (χ3v) is 4.39. The number of carbonyl (C=O) groups is 1. The number of nitrogen functional groups attached to an aromatic ring is 1. The van der Waals surface area contributed by atoms with Gasteiger partial charge >= 0.3 is 5.97 Å². The van der Waals surface area contributed by atoms with Gasteiger partial charge in [0.1, 0.15) is 4.88 Å². The highest BCUT2D eigenvalue weighted by Crippen LogP contribution is 2.38. The summed E-state index contributed by atoms with van der Waals surface area (Å²) in [5.74, 6) is -0.315. The van der Waals surface area contributed by atoms with Crippen molar-refractivity contribution in [2.75, 3.05) is 30.3 Å². The van der Waals surface area contributed by atoms with Crippen LogP contribution >= 0.6 is 11.3 Å². The fourth-order valence-electron chi connectivity index (χ4n) is 2.20. The van der Waals surface area contributed by atoms with Crippen molar-refractivity contribution in [3.63, 3.8) is 0 Å². The molecule has 1 fully saturated rings. The van der Waals surface area contributed by atoms with Crippen molar-refractivity contribution >= 4 is 28.0 Å². The fourth-order valence-corrected chi connectivity index (χ4v) is 3.20. The molecular weight excluding hydrogens is 248 g/mol. The third kappa shape index (κ3) is 2.61. The zero-order chi connectivity index (χ0) is 13.3. The first-order chi connectivity index (χ1) is 8.43. The summed E-state index contributed by atoms with van der Waals surface area (Å²) in [5.41, 5.74) is 6.75. The Labute approximate surface area is 112 Å². The summed E-state index contributed by atoms with van der Waals surface area (Å²) in [5, 5.41) is 1.07. The summed E-state index contributed by atoms with van der Waals surface area (Å²) < 4.78 is 5.00. The second-order valence-electron chi connectivity index (χ2n) is 5.43. The second-order valence-corrected chi connectivity index (χ2v) is 6.46. The molecule has 2 N–H and O–H groups in total. The number of ether oxygens (including phenoxy) is 1. The Bertz CT molecular complexity index is 454. The molecule has 1 aromatic rings. The number of esters is 1. The summed E-state index contributed by atoms with van der Waals surface area (Å²) >= 11 is 1.43. The molecule has 0 atom stereocenters. The number of nitrogens with two attached hydrogens (primary N) is 1. The van der Waals surface area contributed by atoms with Crippen LogP contribution in [0.3, 0.4) is 0 Å². The van der Waals surface area contributed by atoms with E-state index in [9.17, 15) is 4.79 Å². The molecule has 1 aliphatic heterocycles. The Morgan fingerprint density at radius 1 is 1.61 bits per heavy atom. The number of anilines is 2. The first kappa shape index (κ1) is 13.2. The van der Waals surface area contributed by atoms with Crippen LogP contribution in [-0.4, -0.2) is 25.7 Å². The highest BCUT2D eigenvalue weighted by Gasteiger charge is 2.31. The first-order valence-electron chi connectivity index (χ1n) is 6.24. The minimum atomic E-state index is -0.315. The lowest BCUT2D eigenvalue weighted by molar-refractivity contribution is 0.0533. The molecule has 0 spiro atoms. The number of carbonyl (C=O) groups excluding carboxylic acids is 1. The van der Waals surface area contributed by atoms with Crippen LogP contribution < -0.4 is 10.6 Å². The van der Waals surface area contributed by atoms with Crippen LogP contribution in [0, 0.1) is 5.41 Å². The van der Waals surface area contributed by atoms with E-state index in [4.69, 9.17) is 10.5 Å². The molecule has 1 aromatic heterocycles. The molecule has 4 nitrogen and oxygen atoms in total. The highest BCUT2D eigenvalue weighted by molar-refractivity contribution is 7.18. The summed E-state index contributed by atoms with van der Waals surface area (Å²) in [6.45, 7) is 8.73. The van der Waals surface area contributed by atoms with Crippen molar-refractivity contribution in [3.05, 3.63) is 10.9 Å². The fraction of sp³-hybridized carbons (Fsp3) is 0.615. The van der Waals surface area contributed by atoms with E-state index >= 15 is 0 Å². The Hall–Kier alpha value is -1.23. The highest BCUT2D eigenvalue weighted by atomic mass is 32.1. The molecule has 0 amide bonds. The van der Waals surface area contributed by atoms with Gasteiger partial charge in [0, 0.05) is 13.1 Å². The van der Waals surface area contributed by atoms with E-state index in [1.54, 1.807) is 6.92 Å². The lowest BCUT2D eigenvalue weighted by Gasteiger charge is -2.19. The molecule has 2 heterocycles. The van der Waals surface area contributed by atoms with Crippen LogP contribution in [0.15, 0.2) is 6.07 Å². The number of hydrogen-bond donors (Lipinski definition) is 1. The zero-order valence-electron chi connectivity index (χ0n) is 11.2. The molecule has 0 aromatic carbocycles. The number of rotatable bonds is 3. The SMILES string of the molecule is CCOC(=O)c1sc(N2CCC(C)(C)C2)cc1N. The second kappa shape index (κ2) is 4.80. The van der Waals surface area contributed by atoms with Crippen LogP contribution in [0.5, 0.6) is 0 Å². The van der Waals surface area contributed by atoms with E-state index in [-0.39, 0.29) is 5.97 Å². The zero-order valence-corrected chi connectivity index (χ0v) is 12.0. The van der Waals surface area contributed by atoms with Gasteiger partial charge in [0.05, 0.1) is 17.3 Å². The molecule has 0 radical (unpaired) electrons. The molecule has 5 heteroatoms. The molecule has 2 rings (SSSR count). The van der Waals surface area contributed by atoms with Crippen molar-refractivity contribution in [2.45, 2.75) is 27.2 Å². The molecule has 0 bridgehead atoms.